The van der Waals surface area contributed by atoms with Crippen molar-refractivity contribution in [2.24, 2.45) is 0 Å². The van der Waals surface area contributed by atoms with Crippen molar-refractivity contribution < 1.29 is 9.53 Å². The largest absolute Gasteiger partial charge is 0.488 e. The highest BCUT2D eigenvalue weighted by molar-refractivity contribution is 9.10. The normalized spacial score (nSPS) is 12.1. The van der Waals surface area contributed by atoms with Crippen LogP contribution in [-0.2, 0) is 6.61 Å². The summed E-state index contributed by atoms with van der Waals surface area (Å²) in [5.74, 6) is 0.876. The maximum Gasteiger partial charge on any atom is 0.268 e. The summed E-state index contributed by atoms with van der Waals surface area (Å²) >= 11 is 4.95. The van der Waals surface area contributed by atoms with Crippen LogP contribution >= 0.6 is 27.3 Å². The Bertz CT molecular complexity index is 917. The highest BCUT2D eigenvalue weighted by atomic mass is 79.9. The lowest BCUT2D eigenvalue weighted by molar-refractivity contribution is 0.0997. The summed E-state index contributed by atoms with van der Waals surface area (Å²) in [5, 5.41) is 0. The molecule has 0 aliphatic carbocycles. The topological polar surface area (TPSA) is 29.5 Å². The van der Waals surface area contributed by atoms with Crippen molar-refractivity contribution in [3.8, 4) is 16.2 Å². The lowest BCUT2D eigenvalue weighted by Crippen LogP contribution is -2.25. The molecule has 3 nitrogen and oxygen atoms in total. The first-order valence-corrected chi connectivity index (χ1v) is 9.13. The third kappa shape index (κ3) is 2.64. The summed E-state index contributed by atoms with van der Waals surface area (Å²) in [7, 11) is 1.80. The highest BCUT2D eigenvalue weighted by Gasteiger charge is 2.24. The number of rotatable bonds is 2. The Labute approximate surface area is 152 Å². The van der Waals surface area contributed by atoms with E-state index < -0.39 is 0 Å². The van der Waals surface area contributed by atoms with Crippen LogP contribution < -0.4 is 9.64 Å². The fourth-order valence-electron chi connectivity index (χ4n) is 2.75. The van der Waals surface area contributed by atoms with Crippen LogP contribution in [0, 0.1) is 0 Å². The van der Waals surface area contributed by atoms with Crippen LogP contribution in [0.15, 0.2) is 59.1 Å². The molecule has 0 atom stereocenters. The van der Waals surface area contributed by atoms with Crippen LogP contribution in [0.25, 0.3) is 10.4 Å². The van der Waals surface area contributed by atoms with Gasteiger partial charge in [-0.25, -0.2) is 0 Å². The summed E-state index contributed by atoms with van der Waals surface area (Å²) in [6.07, 6.45) is 0. The van der Waals surface area contributed by atoms with Crippen LogP contribution in [0.5, 0.6) is 5.75 Å². The van der Waals surface area contributed by atoms with E-state index in [1.165, 1.54) is 11.3 Å². The first-order valence-electron chi connectivity index (χ1n) is 7.52. The van der Waals surface area contributed by atoms with Gasteiger partial charge in [-0.15, -0.1) is 11.3 Å². The van der Waals surface area contributed by atoms with E-state index >= 15 is 0 Å². The monoisotopic (exact) mass is 399 g/mol. The number of para-hydroxylation sites is 1. The van der Waals surface area contributed by atoms with Gasteiger partial charge in [-0.3, -0.25) is 4.79 Å². The molecule has 3 aromatic rings. The lowest BCUT2D eigenvalue weighted by atomic mass is 10.1. The average Bonchev–Trinajstić information content (AvgIpc) is 3.06. The highest BCUT2D eigenvalue weighted by Crippen LogP contribution is 2.42. The number of halogens is 1. The summed E-state index contributed by atoms with van der Waals surface area (Å²) in [4.78, 5) is 16.4. The molecule has 1 aliphatic heterocycles. The second-order valence-corrected chi connectivity index (χ2v) is 7.56. The van der Waals surface area contributed by atoms with Crippen LogP contribution in [0.1, 0.15) is 15.2 Å². The van der Waals surface area contributed by atoms with E-state index in [0.717, 1.165) is 36.8 Å². The van der Waals surface area contributed by atoms with Crippen molar-refractivity contribution in [2.75, 3.05) is 11.9 Å². The van der Waals surface area contributed by atoms with Gasteiger partial charge < -0.3 is 9.64 Å². The SMILES string of the molecule is CN(C(=O)c1cc2c(s1)-c1ccccc1OC2)c1ccc(Br)cc1. The van der Waals surface area contributed by atoms with Crippen molar-refractivity contribution in [2.45, 2.75) is 6.61 Å². The third-order valence-electron chi connectivity index (χ3n) is 4.05. The zero-order valence-electron chi connectivity index (χ0n) is 13.0. The number of anilines is 1. The minimum absolute atomic E-state index is 0.00537. The molecule has 0 unspecified atom stereocenters. The second-order valence-electron chi connectivity index (χ2n) is 5.59. The molecule has 0 N–H and O–H groups in total. The van der Waals surface area contributed by atoms with Gasteiger partial charge in [-0.2, -0.15) is 0 Å². The average molecular weight is 400 g/mol. The molecule has 4 rings (SSSR count). The number of benzene rings is 2. The molecule has 1 aromatic heterocycles. The quantitative estimate of drug-likeness (QED) is 0.581. The molecule has 1 amide bonds. The Balaban J connectivity index is 1.68. The zero-order chi connectivity index (χ0) is 16.7. The predicted octanol–water partition coefficient (Wildman–Crippen LogP) is 5.35. The van der Waals surface area contributed by atoms with Crippen LogP contribution in [0.3, 0.4) is 0 Å². The van der Waals surface area contributed by atoms with E-state index in [1.807, 2.05) is 54.6 Å². The molecule has 2 heterocycles. The Morgan fingerprint density at radius 3 is 2.71 bits per heavy atom. The van der Waals surface area contributed by atoms with Crippen LogP contribution in [0.4, 0.5) is 5.69 Å². The zero-order valence-corrected chi connectivity index (χ0v) is 15.4. The number of hydrogen-bond acceptors (Lipinski definition) is 3. The molecule has 5 heteroatoms. The molecule has 0 radical (unpaired) electrons. The number of amides is 1. The number of ether oxygens (including phenoxy) is 1. The Hall–Kier alpha value is -2.11. The maximum absolute atomic E-state index is 12.8. The van der Waals surface area contributed by atoms with Gasteiger partial charge in [-0.1, -0.05) is 28.1 Å². The van der Waals surface area contributed by atoms with E-state index in [-0.39, 0.29) is 5.91 Å². The Morgan fingerprint density at radius 2 is 1.92 bits per heavy atom. The van der Waals surface area contributed by atoms with Crippen LogP contribution in [-0.4, -0.2) is 13.0 Å². The predicted molar refractivity (Wildman–Crippen MR) is 101 cm³/mol. The van der Waals surface area contributed by atoms with Crippen molar-refractivity contribution in [3.05, 3.63) is 69.5 Å². The minimum Gasteiger partial charge on any atom is -0.488 e. The Kier molecular flexibility index (Phi) is 3.90. The van der Waals surface area contributed by atoms with Gasteiger partial charge in [0.25, 0.3) is 5.91 Å². The third-order valence-corrected chi connectivity index (χ3v) is 5.78. The van der Waals surface area contributed by atoms with Crippen LogP contribution in [0.2, 0.25) is 0 Å². The molecule has 120 valence electrons. The standard InChI is InChI=1S/C19H14BrNO2S/c1-21(14-8-6-13(20)7-9-14)19(22)17-10-12-11-23-16-5-3-2-4-15(16)18(12)24-17/h2-10H,11H2,1H3. The minimum atomic E-state index is -0.00537. The molecule has 24 heavy (non-hydrogen) atoms. The number of nitrogens with zero attached hydrogens (tertiary/aromatic N) is 1. The fourth-order valence-corrected chi connectivity index (χ4v) is 4.19. The lowest BCUT2D eigenvalue weighted by Gasteiger charge is -2.16. The van der Waals surface area contributed by atoms with Crippen molar-refractivity contribution in [3.63, 3.8) is 0 Å². The number of fused-ring (bicyclic) bond motifs is 3. The molecule has 0 saturated heterocycles. The number of carbonyl (C=O) groups is 1. The summed E-state index contributed by atoms with van der Waals surface area (Å²) < 4.78 is 6.77. The van der Waals surface area contributed by atoms with E-state index in [0.29, 0.717) is 6.61 Å². The van der Waals surface area contributed by atoms with Crippen molar-refractivity contribution >= 4 is 38.9 Å². The summed E-state index contributed by atoms with van der Waals surface area (Å²) in [6, 6.07) is 17.6. The van der Waals surface area contributed by atoms with Gasteiger partial charge in [0, 0.05) is 33.2 Å². The molecular formula is C19H14BrNO2S. The molecule has 0 spiro atoms. The van der Waals surface area contributed by atoms with Crippen molar-refractivity contribution in [1.82, 2.24) is 0 Å². The van der Waals surface area contributed by atoms with Gasteiger partial charge in [0.15, 0.2) is 0 Å². The van der Waals surface area contributed by atoms with E-state index in [1.54, 1.807) is 11.9 Å². The fraction of sp³-hybridized carbons (Fsp3) is 0.105. The number of thiophene rings is 1. The first kappa shape index (κ1) is 15.4. The molecule has 1 aliphatic rings. The molecule has 2 aromatic carbocycles. The Morgan fingerprint density at radius 1 is 1.17 bits per heavy atom. The number of hydrogen-bond donors (Lipinski definition) is 0. The maximum atomic E-state index is 12.8. The van der Waals surface area contributed by atoms with Gasteiger partial charge >= 0.3 is 0 Å². The molecular weight excluding hydrogens is 386 g/mol. The van der Waals surface area contributed by atoms with Gasteiger partial charge in [0.05, 0.1) is 4.88 Å². The van der Waals surface area contributed by atoms with E-state index in [9.17, 15) is 4.79 Å². The first-order chi connectivity index (χ1) is 11.6. The van der Waals surface area contributed by atoms with E-state index in [4.69, 9.17) is 4.74 Å². The summed E-state index contributed by atoms with van der Waals surface area (Å²) in [5.41, 5.74) is 3.01. The number of carbonyl (C=O) groups excluding carboxylic acids is 1. The summed E-state index contributed by atoms with van der Waals surface area (Å²) in [6.45, 7) is 0.512. The molecule has 0 saturated carbocycles. The van der Waals surface area contributed by atoms with Gasteiger partial charge in [-0.05, 0) is 42.5 Å². The van der Waals surface area contributed by atoms with Crippen molar-refractivity contribution in [1.29, 1.82) is 0 Å². The second kappa shape index (κ2) is 6.07. The van der Waals surface area contributed by atoms with E-state index in [2.05, 4.69) is 15.9 Å². The molecule has 0 fully saturated rings. The smallest absolute Gasteiger partial charge is 0.268 e. The van der Waals surface area contributed by atoms with Gasteiger partial charge in [0.1, 0.15) is 12.4 Å². The van der Waals surface area contributed by atoms with Gasteiger partial charge in [0.2, 0.25) is 0 Å². The molecule has 0 bridgehead atoms.